The van der Waals surface area contributed by atoms with Crippen LogP contribution in [-0.2, 0) is 13.6 Å². The van der Waals surface area contributed by atoms with Gasteiger partial charge in [-0.25, -0.2) is 0 Å². The molecule has 1 heterocycles. The summed E-state index contributed by atoms with van der Waals surface area (Å²) < 4.78 is 0. The highest BCUT2D eigenvalue weighted by atomic mass is 15.6. The lowest BCUT2D eigenvalue weighted by Gasteiger charge is -2.17. The molecule has 1 N–H and O–H groups in total. The lowest BCUT2D eigenvalue weighted by Crippen LogP contribution is -2.35. The fourth-order valence-electron chi connectivity index (χ4n) is 1.27. The molecule has 6 nitrogen and oxygen atoms in total. The van der Waals surface area contributed by atoms with E-state index in [1.807, 2.05) is 0 Å². The maximum atomic E-state index is 4.08. The molecule has 6 heteroatoms. The Morgan fingerprint density at radius 2 is 2.21 bits per heavy atom. The standard InChI is InChI=1S/C8H18N6/c1-7(6-13(2)3)9-5-8-10-12-14(4)11-8/h7,9H,5-6H2,1-4H3. The zero-order valence-corrected chi connectivity index (χ0v) is 9.23. The van der Waals surface area contributed by atoms with E-state index in [1.165, 1.54) is 4.80 Å². The van der Waals surface area contributed by atoms with Crippen LogP contribution < -0.4 is 5.32 Å². The molecule has 0 radical (unpaired) electrons. The first-order valence-corrected chi connectivity index (χ1v) is 4.69. The first kappa shape index (κ1) is 11.1. The molecule has 0 aliphatic carbocycles. The molecule has 0 saturated heterocycles. The average Bonchev–Trinajstić information content (AvgIpc) is 2.47. The van der Waals surface area contributed by atoms with Crippen molar-refractivity contribution in [3.63, 3.8) is 0 Å². The molecule has 80 valence electrons. The van der Waals surface area contributed by atoms with Crippen LogP contribution in [0.15, 0.2) is 0 Å². The van der Waals surface area contributed by atoms with Crippen LogP contribution in [0.25, 0.3) is 0 Å². The van der Waals surface area contributed by atoms with E-state index < -0.39 is 0 Å². The van der Waals surface area contributed by atoms with Crippen molar-refractivity contribution in [1.82, 2.24) is 30.4 Å². The van der Waals surface area contributed by atoms with Crippen molar-refractivity contribution < 1.29 is 0 Å². The lowest BCUT2D eigenvalue weighted by atomic mass is 10.3. The number of tetrazole rings is 1. The molecule has 0 bridgehead atoms. The van der Waals surface area contributed by atoms with Crippen molar-refractivity contribution in [2.45, 2.75) is 19.5 Å². The van der Waals surface area contributed by atoms with E-state index >= 15 is 0 Å². The molecule has 1 aromatic rings. The summed E-state index contributed by atoms with van der Waals surface area (Å²) in [6.45, 7) is 3.81. The number of hydrogen-bond donors (Lipinski definition) is 1. The van der Waals surface area contributed by atoms with Crippen molar-refractivity contribution in [2.24, 2.45) is 7.05 Å². The van der Waals surface area contributed by atoms with Crippen molar-refractivity contribution in [2.75, 3.05) is 20.6 Å². The molecule has 0 aliphatic rings. The molecule has 1 rings (SSSR count). The summed E-state index contributed by atoms with van der Waals surface area (Å²) in [6.07, 6.45) is 0. The molecule has 0 spiro atoms. The molecule has 1 unspecified atom stereocenters. The van der Waals surface area contributed by atoms with E-state index in [1.54, 1.807) is 7.05 Å². The van der Waals surface area contributed by atoms with Crippen molar-refractivity contribution in [3.05, 3.63) is 5.82 Å². The molecular formula is C8H18N6. The number of hydrogen-bond acceptors (Lipinski definition) is 5. The van der Waals surface area contributed by atoms with Gasteiger partial charge in [0.15, 0.2) is 5.82 Å². The molecule has 0 amide bonds. The van der Waals surface area contributed by atoms with Crippen LogP contribution in [0.1, 0.15) is 12.7 Å². The predicted octanol–water partition coefficient (Wildman–Crippen LogP) is -0.750. The van der Waals surface area contributed by atoms with Crippen LogP contribution in [0.4, 0.5) is 0 Å². The summed E-state index contributed by atoms with van der Waals surface area (Å²) in [4.78, 5) is 3.61. The maximum absolute atomic E-state index is 4.08. The Morgan fingerprint density at radius 3 is 2.71 bits per heavy atom. The quantitative estimate of drug-likeness (QED) is 0.674. The van der Waals surface area contributed by atoms with Gasteiger partial charge in [0, 0.05) is 12.6 Å². The van der Waals surface area contributed by atoms with Gasteiger partial charge in [-0.1, -0.05) is 0 Å². The van der Waals surface area contributed by atoms with Gasteiger partial charge in [0.1, 0.15) is 0 Å². The summed E-state index contributed by atoms with van der Waals surface area (Å²) >= 11 is 0. The number of likely N-dealkylation sites (N-methyl/N-ethyl adjacent to an activating group) is 1. The number of nitrogens with one attached hydrogen (secondary N) is 1. The number of rotatable bonds is 5. The third kappa shape index (κ3) is 3.80. The Bertz CT molecular complexity index is 269. The molecule has 1 aromatic heterocycles. The van der Waals surface area contributed by atoms with E-state index in [4.69, 9.17) is 0 Å². The Hall–Kier alpha value is -1.01. The van der Waals surface area contributed by atoms with Gasteiger partial charge in [0.05, 0.1) is 13.6 Å². The smallest absolute Gasteiger partial charge is 0.188 e. The van der Waals surface area contributed by atoms with Gasteiger partial charge >= 0.3 is 0 Å². The molecule has 1 atom stereocenters. The Labute approximate surface area is 84.3 Å². The largest absolute Gasteiger partial charge is 0.308 e. The van der Waals surface area contributed by atoms with Crippen molar-refractivity contribution in [3.8, 4) is 0 Å². The molecule has 0 saturated carbocycles. The van der Waals surface area contributed by atoms with Gasteiger partial charge in [-0.05, 0) is 26.2 Å². The van der Waals surface area contributed by atoms with E-state index in [0.717, 1.165) is 12.4 Å². The van der Waals surface area contributed by atoms with Gasteiger partial charge in [0.25, 0.3) is 0 Å². The second-order valence-electron chi connectivity index (χ2n) is 3.74. The Morgan fingerprint density at radius 1 is 1.50 bits per heavy atom. The Balaban J connectivity index is 2.26. The number of nitrogens with zero attached hydrogens (tertiary/aromatic N) is 5. The second kappa shape index (κ2) is 5.02. The molecule has 0 fully saturated rings. The fraction of sp³-hybridized carbons (Fsp3) is 0.875. The van der Waals surface area contributed by atoms with Crippen LogP contribution in [0.5, 0.6) is 0 Å². The monoisotopic (exact) mass is 198 g/mol. The molecular weight excluding hydrogens is 180 g/mol. The lowest BCUT2D eigenvalue weighted by molar-refractivity contribution is 0.347. The number of aromatic nitrogens is 4. The number of aryl methyl sites for hydroxylation is 1. The van der Waals surface area contributed by atoms with Crippen LogP contribution in [0.3, 0.4) is 0 Å². The SMILES string of the molecule is CC(CN(C)C)NCc1nnn(C)n1. The summed E-state index contributed by atoms with van der Waals surface area (Å²) in [7, 11) is 5.87. The highest BCUT2D eigenvalue weighted by molar-refractivity contribution is 4.77. The summed E-state index contributed by atoms with van der Waals surface area (Å²) in [6, 6.07) is 0.425. The van der Waals surface area contributed by atoms with Gasteiger partial charge in [-0.15, -0.1) is 10.2 Å². The Kier molecular flexibility index (Phi) is 3.97. The minimum absolute atomic E-state index is 0.425. The van der Waals surface area contributed by atoms with E-state index in [0.29, 0.717) is 12.6 Å². The highest BCUT2D eigenvalue weighted by Crippen LogP contribution is 1.89. The highest BCUT2D eigenvalue weighted by Gasteiger charge is 2.05. The first-order valence-electron chi connectivity index (χ1n) is 4.69. The topological polar surface area (TPSA) is 58.9 Å². The summed E-state index contributed by atoms with van der Waals surface area (Å²) in [5, 5.41) is 15.1. The summed E-state index contributed by atoms with van der Waals surface area (Å²) in [5.74, 6) is 0.734. The molecule has 14 heavy (non-hydrogen) atoms. The van der Waals surface area contributed by atoms with Crippen LogP contribution in [0.2, 0.25) is 0 Å². The predicted molar refractivity (Wildman–Crippen MR) is 53.7 cm³/mol. The van der Waals surface area contributed by atoms with Crippen molar-refractivity contribution >= 4 is 0 Å². The summed E-state index contributed by atoms with van der Waals surface area (Å²) in [5.41, 5.74) is 0. The minimum Gasteiger partial charge on any atom is -0.308 e. The minimum atomic E-state index is 0.425. The normalized spacial score (nSPS) is 13.5. The van der Waals surface area contributed by atoms with E-state index in [-0.39, 0.29) is 0 Å². The first-order chi connectivity index (χ1) is 6.58. The fourth-order valence-corrected chi connectivity index (χ4v) is 1.27. The van der Waals surface area contributed by atoms with Gasteiger partial charge in [-0.2, -0.15) is 4.80 Å². The molecule has 0 aliphatic heterocycles. The molecule has 0 aromatic carbocycles. The zero-order chi connectivity index (χ0) is 10.6. The van der Waals surface area contributed by atoms with Crippen LogP contribution in [-0.4, -0.2) is 51.8 Å². The third-order valence-electron chi connectivity index (χ3n) is 1.80. The van der Waals surface area contributed by atoms with Gasteiger partial charge in [0.2, 0.25) is 0 Å². The average molecular weight is 198 g/mol. The van der Waals surface area contributed by atoms with E-state index in [9.17, 15) is 0 Å². The maximum Gasteiger partial charge on any atom is 0.188 e. The van der Waals surface area contributed by atoms with Crippen molar-refractivity contribution in [1.29, 1.82) is 0 Å². The zero-order valence-electron chi connectivity index (χ0n) is 9.23. The second-order valence-corrected chi connectivity index (χ2v) is 3.74. The third-order valence-corrected chi connectivity index (χ3v) is 1.80. The van der Waals surface area contributed by atoms with Gasteiger partial charge < -0.3 is 10.2 Å². The van der Waals surface area contributed by atoms with E-state index in [2.05, 4.69) is 46.6 Å². The van der Waals surface area contributed by atoms with Crippen LogP contribution in [0, 0.1) is 0 Å². The van der Waals surface area contributed by atoms with Crippen LogP contribution >= 0.6 is 0 Å². The van der Waals surface area contributed by atoms with Gasteiger partial charge in [-0.3, -0.25) is 0 Å².